The zero-order valence-electron chi connectivity index (χ0n) is 20.4. The molecule has 1 heterocycles. The van der Waals surface area contributed by atoms with Gasteiger partial charge in [0.2, 0.25) is 5.91 Å². The lowest BCUT2D eigenvalue weighted by Gasteiger charge is -2.41. The van der Waals surface area contributed by atoms with E-state index in [1.54, 1.807) is 6.92 Å². The maximum atomic E-state index is 11.5. The molecule has 0 spiro atoms. The molecule has 4 nitrogen and oxygen atoms in total. The summed E-state index contributed by atoms with van der Waals surface area (Å²) in [5.74, 6) is 0.0459. The van der Waals surface area contributed by atoms with E-state index in [0.29, 0.717) is 6.17 Å². The largest absolute Gasteiger partial charge is 0.338 e. The number of hydrogen-bond acceptors (Lipinski definition) is 2. The molecule has 0 aromatic rings. The van der Waals surface area contributed by atoms with Gasteiger partial charge in [-0.25, -0.2) is 0 Å². The molecule has 2 N–H and O–H groups in total. The Morgan fingerprint density at radius 1 is 0.967 bits per heavy atom. The molecule has 30 heavy (non-hydrogen) atoms. The number of rotatable bonds is 18. The summed E-state index contributed by atoms with van der Waals surface area (Å²) in [7, 11) is 0. The quantitative estimate of drug-likeness (QED) is 0.146. The van der Waals surface area contributed by atoms with Crippen LogP contribution in [0.25, 0.3) is 0 Å². The second kappa shape index (κ2) is 16.4. The van der Waals surface area contributed by atoms with E-state index < -0.39 is 0 Å². The molecule has 1 aliphatic rings. The number of carbonyl (C=O) groups excluding carboxylic acids is 1. The standard InChI is InChI=1S/C26H49N3O/c1-5-7-8-9-10-11-12-13-14-15-16-17-18-19-20-21-26-27-22-23-29(26,6-2)24(3)28-25(4)30/h16-17,22-24,26-27H,5-15,18-21H2,1-4H3/p+1/b17-16+. The van der Waals surface area contributed by atoms with Crippen molar-refractivity contribution in [2.75, 3.05) is 6.54 Å². The Balaban J connectivity index is 2.08. The summed E-state index contributed by atoms with van der Waals surface area (Å²) >= 11 is 0. The van der Waals surface area contributed by atoms with Crippen molar-refractivity contribution in [1.29, 1.82) is 0 Å². The second-order valence-corrected chi connectivity index (χ2v) is 9.06. The highest BCUT2D eigenvalue weighted by Gasteiger charge is 2.41. The molecule has 0 aromatic carbocycles. The van der Waals surface area contributed by atoms with Crippen LogP contribution in [0.3, 0.4) is 0 Å². The summed E-state index contributed by atoms with van der Waals surface area (Å²) in [4.78, 5) is 11.5. The van der Waals surface area contributed by atoms with Crippen molar-refractivity contribution in [3.8, 4) is 0 Å². The van der Waals surface area contributed by atoms with Gasteiger partial charge in [0, 0.05) is 20.3 Å². The minimum atomic E-state index is 0.0459. The van der Waals surface area contributed by atoms with Crippen molar-refractivity contribution in [3.63, 3.8) is 0 Å². The number of allylic oxidation sites excluding steroid dienone is 2. The minimum absolute atomic E-state index is 0.0459. The molecule has 3 unspecified atom stereocenters. The van der Waals surface area contributed by atoms with Crippen LogP contribution in [0.1, 0.15) is 118 Å². The van der Waals surface area contributed by atoms with E-state index in [1.165, 1.54) is 83.5 Å². The van der Waals surface area contributed by atoms with Crippen LogP contribution in [0.2, 0.25) is 0 Å². The number of carbonyl (C=O) groups is 1. The summed E-state index contributed by atoms with van der Waals surface area (Å²) in [5, 5.41) is 6.62. The van der Waals surface area contributed by atoms with E-state index in [9.17, 15) is 4.79 Å². The Hall–Kier alpha value is -1.29. The van der Waals surface area contributed by atoms with Gasteiger partial charge in [0.05, 0.1) is 12.7 Å². The Labute approximate surface area is 187 Å². The van der Waals surface area contributed by atoms with E-state index in [0.717, 1.165) is 17.4 Å². The van der Waals surface area contributed by atoms with E-state index in [1.807, 2.05) is 0 Å². The van der Waals surface area contributed by atoms with Crippen LogP contribution in [0.4, 0.5) is 0 Å². The fourth-order valence-electron chi connectivity index (χ4n) is 4.68. The minimum Gasteiger partial charge on any atom is -0.338 e. The second-order valence-electron chi connectivity index (χ2n) is 9.06. The number of unbranched alkanes of at least 4 members (excludes halogenated alkanes) is 11. The average Bonchev–Trinajstić information content (AvgIpc) is 3.14. The summed E-state index contributed by atoms with van der Waals surface area (Å²) in [6.45, 7) is 9.19. The molecular formula is C26H50N3O+. The summed E-state index contributed by atoms with van der Waals surface area (Å²) in [5.41, 5.74) is 0. The molecule has 0 aromatic heterocycles. The van der Waals surface area contributed by atoms with Crippen molar-refractivity contribution < 1.29 is 9.28 Å². The Bertz CT molecular complexity index is 503. The van der Waals surface area contributed by atoms with Crippen LogP contribution >= 0.6 is 0 Å². The van der Waals surface area contributed by atoms with Crippen LogP contribution in [-0.4, -0.2) is 29.3 Å². The van der Waals surface area contributed by atoms with E-state index in [4.69, 9.17) is 0 Å². The SMILES string of the molecule is CCCCCCCCCCC/C=C/CCCCC1NC=C[N+]1(CC)C(C)NC(C)=O. The van der Waals surface area contributed by atoms with Crippen molar-refractivity contribution in [1.82, 2.24) is 10.6 Å². The van der Waals surface area contributed by atoms with Crippen molar-refractivity contribution >= 4 is 5.91 Å². The number of amides is 1. The topological polar surface area (TPSA) is 41.1 Å². The van der Waals surface area contributed by atoms with Gasteiger partial charge >= 0.3 is 0 Å². The smallest absolute Gasteiger partial charge is 0.221 e. The molecular weight excluding hydrogens is 370 g/mol. The third kappa shape index (κ3) is 10.1. The Morgan fingerprint density at radius 2 is 1.53 bits per heavy atom. The molecule has 1 aliphatic heterocycles. The van der Waals surface area contributed by atoms with Gasteiger partial charge in [0.15, 0.2) is 12.3 Å². The summed E-state index contributed by atoms with van der Waals surface area (Å²) < 4.78 is 0.800. The predicted octanol–water partition coefficient (Wildman–Crippen LogP) is 6.74. The molecule has 0 saturated carbocycles. The van der Waals surface area contributed by atoms with Gasteiger partial charge in [-0.3, -0.25) is 9.28 Å². The lowest BCUT2D eigenvalue weighted by Crippen LogP contribution is -2.62. The first-order valence-electron chi connectivity index (χ1n) is 12.8. The van der Waals surface area contributed by atoms with Gasteiger partial charge in [-0.05, 0) is 39.0 Å². The van der Waals surface area contributed by atoms with E-state index in [-0.39, 0.29) is 12.1 Å². The zero-order chi connectivity index (χ0) is 22.1. The number of hydrogen-bond donors (Lipinski definition) is 2. The number of nitrogens with one attached hydrogen (secondary N) is 2. The first-order valence-corrected chi connectivity index (χ1v) is 12.8. The van der Waals surface area contributed by atoms with E-state index in [2.05, 4.69) is 56.0 Å². The van der Waals surface area contributed by atoms with Crippen LogP contribution in [-0.2, 0) is 4.79 Å². The van der Waals surface area contributed by atoms with Gasteiger partial charge in [0.1, 0.15) is 6.20 Å². The van der Waals surface area contributed by atoms with Gasteiger partial charge < -0.3 is 10.6 Å². The molecule has 3 atom stereocenters. The lowest BCUT2D eigenvalue weighted by molar-refractivity contribution is -0.923. The highest BCUT2D eigenvalue weighted by atomic mass is 16.1. The monoisotopic (exact) mass is 420 g/mol. The number of quaternary nitrogens is 1. The maximum Gasteiger partial charge on any atom is 0.221 e. The zero-order valence-corrected chi connectivity index (χ0v) is 20.4. The fraction of sp³-hybridized carbons (Fsp3) is 0.808. The van der Waals surface area contributed by atoms with Crippen LogP contribution in [0, 0.1) is 0 Å². The van der Waals surface area contributed by atoms with Gasteiger partial charge in [-0.15, -0.1) is 0 Å². The first-order chi connectivity index (χ1) is 14.6. The molecule has 0 aliphatic carbocycles. The maximum absolute atomic E-state index is 11.5. The van der Waals surface area contributed by atoms with Crippen LogP contribution < -0.4 is 10.6 Å². The van der Waals surface area contributed by atoms with Crippen LogP contribution in [0.15, 0.2) is 24.6 Å². The van der Waals surface area contributed by atoms with Crippen molar-refractivity contribution in [2.24, 2.45) is 0 Å². The average molecular weight is 421 g/mol. The third-order valence-electron chi connectivity index (χ3n) is 6.64. The van der Waals surface area contributed by atoms with Crippen LogP contribution in [0.5, 0.6) is 0 Å². The predicted molar refractivity (Wildman–Crippen MR) is 130 cm³/mol. The molecule has 0 bridgehead atoms. The first kappa shape index (κ1) is 26.7. The van der Waals surface area contributed by atoms with E-state index >= 15 is 0 Å². The molecule has 4 heteroatoms. The van der Waals surface area contributed by atoms with Crippen molar-refractivity contribution in [2.45, 2.75) is 130 Å². The van der Waals surface area contributed by atoms with Gasteiger partial charge in [-0.2, -0.15) is 0 Å². The molecule has 174 valence electrons. The molecule has 1 amide bonds. The fourth-order valence-corrected chi connectivity index (χ4v) is 4.68. The molecule has 1 rings (SSSR count). The van der Waals surface area contributed by atoms with Gasteiger partial charge in [0.25, 0.3) is 0 Å². The van der Waals surface area contributed by atoms with Gasteiger partial charge in [-0.1, -0.05) is 70.4 Å². The Kier molecular flexibility index (Phi) is 14.6. The normalized spacial score (nSPS) is 21.8. The molecule has 0 radical (unpaired) electrons. The highest BCUT2D eigenvalue weighted by Crippen LogP contribution is 2.26. The number of nitrogens with zero attached hydrogens (tertiary/aromatic N) is 1. The summed E-state index contributed by atoms with van der Waals surface area (Å²) in [6.07, 6.45) is 28.2. The molecule has 0 saturated heterocycles. The Morgan fingerprint density at radius 3 is 2.10 bits per heavy atom. The lowest BCUT2D eigenvalue weighted by atomic mass is 10.1. The molecule has 0 fully saturated rings. The third-order valence-corrected chi connectivity index (χ3v) is 6.64. The van der Waals surface area contributed by atoms with Crippen molar-refractivity contribution in [3.05, 3.63) is 24.6 Å². The summed E-state index contributed by atoms with van der Waals surface area (Å²) in [6, 6.07) is 0. The highest BCUT2D eigenvalue weighted by molar-refractivity contribution is 5.72.